The molecule has 17 heavy (non-hydrogen) atoms. The molecule has 2 unspecified atom stereocenters. The molecule has 0 bridgehead atoms. The van der Waals surface area contributed by atoms with Crippen molar-refractivity contribution in [3.05, 3.63) is 18.5 Å². The van der Waals surface area contributed by atoms with Crippen LogP contribution in [0.25, 0.3) is 0 Å². The third-order valence-corrected chi connectivity index (χ3v) is 3.35. The third-order valence-electron chi connectivity index (χ3n) is 3.35. The molecule has 3 N–H and O–H groups in total. The van der Waals surface area contributed by atoms with E-state index >= 15 is 0 Å². The van der Waals surface area contributed by atoms with Crippen LogP contribution in [0.3, 0.4) is 0 Å². The third kappa shape index (κ3) is 3.09. The van der Waals surface area contributed by atoms with Gasteiger partial charge in [-0.05, 0) is 31.7 Å². The van der Waals surface area contributed by atoms with E-state index in [-0.39, 0.29) is 0 Å². The lowest BCUT2D eigenvalue weighted by molar-refractivity contribution is 0.409. The lowest BCUT2D eigenvalue weighted by atomic mass is 9.91. The summed E-state index contributed by atoms with van der Waals surface area (Å²) in [5, 5.41) is 3.58. The first kappa shape index (κ1) is 12.2. The molecule has 0 saturated heterocycles. The Hall–Kier alpha value is -1.29. The highest BCUT2D eigenvalue weighted by atomic mass is 15.1. The van der Waals surface area contributed by atoms with E-state index in [0.717, 1.165) is 18.5 Å². The maximum absolute atomic E-state index is 6.01. The fourth-order valence-corrected chi connectivity index (χ4v) is 2.47. The average Bonchev–Trinajstić information content (AvgIpc) is 2.29. The summed E-state index contributed by atoms with van der Waals surface area (Å²) >= 11 is 0. The van der Waals surface area contributed by atoms with Crippen LogP contribution in [-0.2, 0) is 0 Å². The summed E-state index contributed by atoms with van der Waals surface area (Å²) in [5.41, 5.74) is 8.30. The predicted molar refractivity (Wildman–Crippen MR) is 72.4 cm³/mol. The molecule has 0 aliphatic heterocycles. The van der Waals surface area contributed by atoms with Gasteiger partial charge in [-0.3, -0.25) is 4.98 Å². The lowest BCUT2D eigenvalue weighted by Gasteiger charge is -2.29. The Morgan fingerprint density at radius 2 is 2.24 bits per heavy atom. The molecule has 1 heterocycles. The standard InChI is InChI=1S/C13H22N4/c1-17(2)13-6-7-15-9-12(13)16-11-5-3-4-10(14)8-11/h6-7,9-11,16H,3-5,8,14H2,1-2H3. The fourth-order valence-electron chi connectivity index (χ4n) is 2.47. The molecule has 1 saturated carbocycles. The van der Waals surface area contributed by atoms with Gasteiger partial charge in [0.05, 0.1) is 17.6 Å². The van der Waals surface area contributed by atoms with Crippen LogP contribution in [0.1, 0.15) is 25.7 Å². The van der Waals surface area contributed by atoms with Gasteiger partial charge < -0.3 is 16.0 Å². The molecule has 4 heteroatoms. The first-order valence-corrected chi connectivity index (χ1v) is 6.30. The second-order valence-electron chi connectivity index (χ2n) is 5.06. The van der Waals surface area contributed by atoms with Gasteiger partial charge in [0.1, 0.15) is 0 Å². The molecule has 94 valence electrons. The Morgan fingerprint density at radius 1 is 1.41 bits per heavy atom. The Morgan fingerprint density at radius 3 is 2.94 bits per heavy atom. The summed E-state index contributed by atoms with van der Waals surface area (Å²) in [5.74, 6) is 0. The van der Waals surface area contributed by atoms with E-state index in [1.165, 1.54) is 18.5 Å². The summed E-state index contributed by atoms with van der Waals surface area (Å²) in [6, 6.07) is 2.87. The Bertz CT molecular complexity index is 364. The Labute approximate surface area is 103 Å². The van der Waals surface area contributed by atoms with Gasteiger partial charge in [0.15, 0.2) is 0 Å². The predicted octanol–water partition coefficient (Wildman–Crippen LogP) is 1.83. The van der Waals surface area contributed by atoms with Crippen molar-refractivity contribution in [1.82, 2.24) is 4.98 Å². The first-order valence-electron chi connectivity index (χ1n) is 6.30. The summed E-state index contributed by atoms with van der Waals surface area (Å²) < 4.78 is 0. The van der Waals surface area contributed by atoms with Gasteiger partial charge in [0.2, 0.25) is 0 Å². The van der Waals surface area contributed by atoms with E-state index in [9.17, 15) is 0 Å². The molecule has 1 aliphatic carbocycles. The van der Waals surface area contributed by atoms with Crippen LogP contribution in [0.15, 0.2) is 18.5 Å². The molecule has 0 spiro atoms. The first-order chi connectivity index (χ1) is 8.16. The van der Waals surface area contributed by atoms with E-state index in [1.807, 2.05) is 32.6 Å². The van der Waals surface area contributed by atoms with Crippen LogP contribution < -0.4 is 16.0 Å². The van der Waals surface area contributed by atoms with Gasteiger partial charge in [0, 0.05) is 32.4 Å². The normalized spacial score (nSPS) is 24.4. The highest BCUT2D eigenvalue weighted by molar-refractivity contribution is 5.68. The van der Waals surface area contributed by atoms with Gasteiger partial charge in [-0.1, -0.05) is 0 Å². The van der Waals surface area contributed by atoms with Crippen molar-refractivity contribution in [2.24, 2.45) is 5.73 Å². The number of hydrogen-bond acceptors (Lipinski definition) is 4. The van der Waals surface area contributed by atoms with Crippen LogP contribution in [-0.4, -0.2) is 31.2 Å². The van der Waals surface area contributed by atoms with Crippen LogP contribution in [0.2, 0.25) is 0 Å². The summed E-state index contributed by atoms with van der Waals surface area (Å²) in [7, 11) is 4.10. The molecule has 4 nitrogen and oxygen atoms in total. The van der Waals surface area contributed by atoms with E-state index in [4.69, 9.17) is 5.73 Å². The molecule has 0 aromatic carbocycles. The highest BCUT2D eigenvalue weighted by Crippen LogP contribution is 2.26. The van der Waals surface area contributed by atoms with E-state index in [2.05, 4.69) is 15.2 Å². The molecular formula is C13H22N4. The van der Waals surface area contributed by atoms with Crippen molar-refractivity contribution >= 4 is 11.4 Å². The summed E-state index contributed by atoms with van der Waals surface area (Å²) in [6.07, 6.45) is 8.36. The zero-order valence-corrected chi connectivity index (χ0v) is 10.7. The maximum Gasteiger partial charge on any atom is 0.0766 e. The molecule has 1 aromatic heterocycles. The second kappa shape index (κ2) is 5.36. The van der Waals surface area contributed by atoms with Crippen molar-refractivity contribution in [3.63, 3.8) is 0 Å². The molecule has 1 aliphatic rings. The highest BCUT2D eigenvalue weighted by Gasteiger charge is 2.19. The largest absolute Gasteiger partial charge is 0.379 e. The molecule has 1 aromatic rings. The van der Waals surface area contributed by atoms with Crippen molar-refractivity contribution in [3.8, 4) is 0 Å². The Balaban J connectivity index is 2.07. The number of nitrogens with two attached hydrogens (primary N) is 1. The zero-order chi connectivity index (χ0) is 12.3. The van der Waals surface area contributed by atoms with Gasteiger partial charge >= 0.3 is 0 Å². The van der Waals surface area contributed by atoms with Gasteiger partial charge in [-0.25, -0.2) is 0 Å². The SMILES string of the molecule is CN(C)c1ccncc1NC1CCCC(N)C1. The maximum atomic E-state index is 6.01. The van der Waals surface area contributed by atoms with Gasteiger partial charge in [-0.15, -0.1) is 0 Å². The molecular weight excluding hydrogens is 212 g/mol. The van der Waals surface area contributed by atoms with Crippen LogP contribution >= 0.6 is 0 Å². The zero-order valence-electron chi connectivity index (χ0n) is 10.7. The number of anilines is 2. The van der Waals surface area contributed by atoms with Crippen molar-refractivity contribution < 1.29 is 0 Å². The minimum atomic E-state index is 0.348. The van der Waals surface area contributed by atoms with Gasteiger partial charge in [-0.2, -0.15) is 0 Å². The second-order valence-corrected chi connectivity index (χ2v) is 5.06. The fraction of sp³-hybridized carbons (Fsp3) is 0.615. The Kier molecular flexibility index (Phi) is 3.84. The number of rotatable bonds is 3. The molecule has 2 rings (SSSR count). The monoisotopic (exact) mass is 234 g/mol. The number of nitrogens with one attached hydrogen (secondary N) is 1. The quantitative estimate of drug-likeness (QED) is 0.838. The summed E-state index contributed by atoms with van der Waals surface area (Å²) in [6.45, 7) is 0. The molecule has 1 fully saturated rings. The van der Waals surface area contributed by atoms with Crippen LogP contribution in [0.5, 0.6) is 0 Å². The van der Waals surface area contributed by atoms with E-state index in [0.29, 0.717) is 12.1 Å². The number of nitrogens with zero attached hydrogens (tertiary/aromatic N) is 2. The van der Waals surface area contributed by atoms with Crippen LogP contribution in [0, 0.1) is 0 Å². The van der Waals surface area contributed by atoms with Crippen molar-refractivity contribution in [2.45, 2.75) is 37.8 Å². The molecule has 2 atom stereocenters. The number of hydrogen-bond donors (Lipinski definition) is 2. The lowest BCUT2D eigenvalue weighted by Crippen LogP contribution is -2.35. The topological polar surface area (TPSA) is 54.2 Å². The van der Waals surface area contributed by atoms with Crippen molar-refractivity contribution in [1.29, 1.82) is 0 Å². The van der Waals surface area contributed by atoms with Gasteiger partial charge in [0.25, 0.3) is 0 Å². The minimum Gasteiger partial charge on any atom is -0.379 e. The van der Waals surface area contributed by atoms with Crippen molar-refractivity contribution in [2.75, 3.05) is 24.3 Å². The molecule has 0 radical (unpaired) electrons. The number of aromatic nitrogens is 1. The van der Waals surface area contributed by atoms with E-state index < -0.39 is 0 Å². The van der Waals surface area contributed by atoms with E-state index in [1.54, 1.807) is 0 Å². The molecule has 0 amide bonds. The minimum absolute atomic E-state index is 0.348. The summed E-state index contributed by atoms with van der Waals surface area (Å²) in [4.78, 5) is 6.30. The number of pyridine rings is 1. The smallest absolute Gasteiger partial charge is 0.0766 e. The van der Waals surface area contributed by atoms with Crippen LogP contribution in [0.4, 0.5) is 11.4 Å². The average molecular weight is 234 g/mol.